The van der Waals surface area contributed by atoms with E-state index in [1.165, 1.54) is 5.56 Å². The molecule has 4 heteroatoms. The molecule has 0 saturated carbocycles. The number of thioether (sulfide) groups is 1. The van der Waals surface area contributed by atoms with Gasteiger partial charge in [0, 0.05) is 29.7 Å². The monoisotopic (exact) mass is 267 g/mol. The van der Waals surface area contributed by atoms with Gasteiger partial charge in [0.1, 0.15) is 5.75 Å². The molecule has 1 heterocycles. The average molecular weight is 267 g/mol. The van der Waals surface area contributed by atoms with Crippen LogP contribution in [0.1, 0.15) is 24.5 Å². The standard InChI is InChI=1S/C14H21NO2S/c1-10-14(5-6-17-10)18-9-12-7-11(8-15)3-4-13(12)16-2/h3-4,7,10,14H,5-6,8-9,15H2,1-2H3. The molecule has 0 radical (unpaired) electrons. The second kappa shape index (κ2) is 6.45. The number of benzene rings is 1. The Balaban J connectivity index is 2.02. The van der Waals surface area contributed by atoms with Crippen molar-refractivity contribution in [3.8, 4) is 5.75 Å². The van der Waals surface area contributed by atoms with Crippen LogP contribution in [0.5, 0.6) is 5.75 Å². The molecule has 0 aromatic heterocycles. The van der Waals surface area contributed by atoms with Gasteiger partial charge in [0.25, 0.3) is 0 Å². The smallest absolute Gasteiger partial charge is 0.122 e. The van der Waals surface area contributed by atoms with Crippen molar-refractivity contribution in [3.63, 3.8) is 0 Å². The van der Waals surface area contributed by atoms with E-state index in [9.17, 15) is 0 Å². The van der Waals surface area contributed by atoms with E-state index in [0.29, 0.717) is 17.9 Å². The van der Waals surface area contributed by atoms with Gasteiger partial charge in [0.15, 0.2) is 0 Å². The maximum absolute atomic E-state index is 5.68. The molecule has 2 unspecified atom stereocenters. The summed E-state index contributed by atoms with van der Waals surface area (Å²) < 4.78 is 11.0. The molecule has 2 rings (SSSR count). The lowest BCUT2D eigenvalue weighted by Gasteiger charge is -2.15. The van der Waals surface area contributed by atoms with Crippen LogP contribution in [-0.4, -0.2) is 25.1 Å². The van der Waals surface area contributed by atoms with Crippen LogP contribution in [0.25, 0.3) is 0 Å². The summed E-state index contributed by atoms with van der Waals surface area (Å²) in [5, 5.41) is 0.594. The number of rotatable bonds is 5. The minimum absolute atomic E-state index is 0.360. The van der Waals surface area contributed by atoms with Crippen LogP contribution in [0.2, 0.25) is 0 Å². The van der Waals surface area contributed by atoms with Crippen molar-refractivity contribution in [1.29, 1.82) is 0 Å². The fourth-order valence-electron chi connectivity index (χ4n) is 2.20. The Morgan fingerprint density at radius 1 is 1.50 bits per heavy atom. The Hall–Kier alpha value is -0.710. The summed E-state index contributed by atoms with van der Waals surface area (Å²) in [6.45, 7) is 3.61. The molecule has 1 aromatic rings. The summed E-state index contributed by atoms with van der Waals surface area (Å²) in [6, 6.07) is 6.17. The van der Waals surface area contributed by atoms with Crippen molar-refractivity contribution in [2.24, 2.45) is 5.73 Å². The summed E-state index contributed by atoms with van der Waals surface area (Å²) in [5.74, 6) is 1.90. The van der Waals surface area contributed by atoms with Crippen LogP contribution in [0.15, 0.2) is 18.2 Å². The predicted octanol–water partition coefficient (Wildman–Crippen LogP) is 2.56. The molecule has 3 nitrogen and oxygen atoms in total. The van der Waals surface area contributed by atoms with Crippen molar-refractivity contribution in [3.05, 3.63) is 29.3 Å². The van der Waals surface area contributed by atoms with Crippen LogP contribution in [0, 0.1) is 0 Å². The molecule has 2 N–H and O–H groups in total. The second-order valence-corrected chi connectivity index (χ2v) is 5.79. The van der Waals surface area contributed by atoms with Gasteiger partial charge in [0.05, 0.1) is 13.2 Å². The molecule has 1 aromatic carbocycles. The van der Waals surface area contributed by atoms with Crippen LogP contribution in [-0.2, 0) is 17.0 Å². The van der Waals surface area contributed by atoms with Crippen molar-refractivity contribution in [2.75, 3.05) is 13.7 Å². The van der Waals surface area contributed by atoms with Gasteiger partial charge in [-0.15, -0.1) is 0 Å². The maximum Gasteiger partial charge on any atom is 0.122 e. The molecule has 0 bridgehead atoms. The van der Waals surface area contributed by atoms with E-state index in [2.05, 4.69) is 13.0 Å². The first-order valence-electron chi connectivity index (χ1n) is 6.33. The van der Waals surface area contributed by atoms with Gasteiger partial charge in [-0.05, 0) is 31.0 Å². The van der Waals surface area contributed by atoms with Gasteiger partial charge >= 0.3 is 0 Å². The highest BCUT2D eigenvalue weighted by Crippen LogP contribution is 2.32. The quantitative estimate of drug-likeness (QED) is 0.890. The van der Waals surface area contributed by atoms with E-state index >= 15 is 0 Å². The first-order chi connectivity index (χ1) is 8.74. The number of hydrogen-bond donors (Lipinski definition) is 1. The van der Waals surface area contributed by atoms with Crippen LogP contribution in [0.4, 0.5) is 0 Å². The molecule has 1 fully saturated rings. The van der Waals surface area contributed by atoms with E-state index in [1.54, 1.807) is 7.11 Å². The molecule has 1 saturated heterocycles. The topological polar surface area (TPSA) is 44.5 Å². The summed E-state index contributed by atoms with van der Waals surface area (Å²) in [6.07, 6.45) is 1.50. The lowest BCUT2D eigenvalue weighted by molar-refractivity contribution is 0.127. The van der Waals surface area contributed by atoms with Crippen molar-refractivity contribution in [2.45, 2.75) is 37.0 Å². The van der Waals surface area contributed by atoms with Crippen molar-refractivity contribution >= 4 is 11.8 Å². The summed E-state index contributed by atoms with van der Waals surface area (Å²) >= 11 is 1.95. The van der Waals surface area contributed by atoms with Crippen molar-refractivity contribution < 1.29 is 9.47 Å². The Morgan fingerprint density at radius 2 is 2.33 bits per heavy atom. The van der Waals surface area contributed by atoms with E-state index in [-0.39, 0.29) is 0 Å². The highest BCUT2D eigenvalue weighted by molar-refractivity contribution is 7.99. The molecule has 0 amide bonds. The minimum atomic E-state index is 0.360. The third-order valence-corrected chi connectivity index (χ3v) is 4.86. The molecule has 0 spiro atoms. The normalized spacial score (nSPS) is 23.3. The molecule has 0 aliphatic carbocycles. The van der Waals surface area contributed by atoms with Gasteiger partial charge in [-0.1, -0.05) is 6.07 Å². The zero-order valence-electron chi connectivity index (χ0n) is 11.0. The highest BCUT2D eigenvalue weighted by Gasteiger charge is 2.24. The van der Waals surface area contributed by atoms with Gasteiger partial charge in [-0.2, -0.15) is 11.8 Å². The Bertz CT molecular complexity index is 397. The Morgan fingerprint density at radius 3 is 2.94 bits per heavy atom. The van der Waals surface area contributed by atoms with E-state index in [0.717, 1.165) is 30.1 Å². The van der Waals surface area contributed by atoms with Crippen LogP contribution in [0.3, 0.4) is 0 Å². The van der Waals surface area contributed by atoms with Crippen molar-refractivity contribution in [1.82, 2.24) is 0 Å². The number of nitrogens with two attached hydrogens (primary N) is 1. The number of hydrogen-bond acceptors (Lipinski definition) is 4. The second-order valence-electron chi connectivity index (χ2n) is 4.56. The van der Waals surface area contributed by atoms with E-state index < -0.39 is 0 Å². The SMILES string of the molecule is COc1ccc(CN)cc1CSC1CCOC1C. The first kappa shape index (κ1) is 13.7. The van der Waals surface area contributed by atoms with Gasteiger partial charge in [-0.3, -0.25) is 0 Å². The minimum Gasteiger partial charge on any atom is -0.496 e. The van der Waals surface area contributed by atoms with Gasteiger partial charge in [0.2, 0.25) is 0 Å². The van der Waals surface area contributed by atoms with Crippen LogP contribution >= 0.6 is 11.8 Å². The lowest BCUT2D eigenvalue weighted by Crippen LogP contribution is -2.13. The van der Waals surface area contributed by atoms with E-state index in [1.807, 2.05) is 23.9 Å². The zero-order valence-corrected chi connectivity index (χ0v) is 11.8. The average Bonchev–Trinajstić information content (AvgIpc) is 2.81. The number of methoxy groups -OCH3 is 1. The summed E-state index contributed by atoms with van der Waals surface area (Å²) in [4.78, 5) is 0. The predicted molar refractivity (Wildman–Crippen MR) is 76.0 cm³/mol. The molecular weight excluding hydrogens is 246 g/mol. The molecule has 18 heavy (non-hydrogen) atoms. The van der Waals surface area contributed by atoms with Gasteiger partial charge in [-0.25, -0.2) is 0 Å². The summed E-state index contributed by atoms with van der Waals surface area (Å²) in [7, 11) is 1.72. The third kappa shape index (κ3) is 3.19. The zero-order chi connectivity index (χ0) is 13.0. The first-order valence-corrected chi connectivity index (χ1v) is 7.38. The summed E-state index contributed by atoms with van der Waals surface area (Å²) in [5.41, 5.74) is 8.06. The van der Waals surface area contributed by atoms with E-state index in [4.69, 9.17) is 15.2 Å². The largest absolute Gasteiger partial charge is 0.496 e. The fourth-order valence-corrected chi connectivity index (χ4v) is 3.43. The fraction of sp³-hybridized carbons (Fsp3) is 0.571. The third-order valence-electron chi connectivity index (χ3n) is 3.34. The van der Waals surface area contributed by atoms with Gasteiger partial charge < -0.3 is 15.2 Å². The molecular formula is C14H21NO2S. The molecule has 1 aliphatic rings. The highest BCUT2D eigenvalue weighted by atomic mass is 32.2. The molecule has 100 valence electrons. The number of ether oxygens (including phenoxy) is 2. The Kier molecular flexibility index (Phi) is 4.92. The Labute approximate surface area is 113 Å². The maximum atomic E-state index is 5.68. The van der Waals surface area contributed by atoms with Crippen LogP contribution < -0.4 is 10.5 Å². The molecule has 1 aliphatic heterocycles. The lowest BCUT2D eigenvalue weighted by atomic mass is 10.1. The molecule has 2 atom stereocenters.